The Hall–Kier alpha value is -4.68. The van der Waals surface area contributed by atoms with E-state index < -0.39 is 0 Å². The maximum atomic E-state index is 2.43. The molecule has 266 valence electrons. The molecule has 0 bridgehead atoms. The third-order valence-corrected chi connectivity index (χ3v) is 10.5. The average Bonchev–Trinajstić information content (AvgIpc) is 3.10. The maximum Gasteiger partial charge on any atom is -0.0125 e. The van der Waals surface area contributed by atoms with Gasteiger partial charge in [0.1, 0.15) is 0 Å². The largest absolute Gasteiger partial charge is 0.0622 e. The molecule has 0 unspecified atom stereocenters. The third-order valence-electron chi connectivity index (χ3n) is 10.5. The minimum absolute atomic E-state index is 0.0121. The smallest absolute Gasteiger partial charge is 0.0125 e. The lowest BCUT2D eigenvalue weighted by molar-refractivity contribution is 0.569. The lowest BCUT2D eigenvalue weighted by Gasteiger charge is -2.27. The van der Waals surface area contributed by atoms with Gasteiger partial charge in [-0.2, -0.15) is 0 Å². The van der Waals surface area contributed by atoms with Gasteiger partial charge in [-0.1, -0.05) is 210 Å². The van der Waals surface area contributed by atoms with Crippen LogP contribution in [0.15, 0.2) is 133 Å². The molecule has 0 aliphatic heterocycles. The Labute approximate surface area is 315 Å². The molecule has 52 heavy (non-hydrogen) atoms. The van der Waals surface area contributed by atoms with Crippen LogP contribution < -0.4 is 0 Å². The van der Waals surface area contributed by atoms with Crippen molar-refractivity contribution in [3.8, 4) is 55.6 Å². The summed E-state index contributed by atoms with van der Waals surface area (Å²) in [7, 11) is 0. The number of hydrogen-bond acceptors (Lipinski definition) is 0. The molecule has 0 nitrogen and oxygen atoms in total. The first-order valence-electron chi connectivity index (χ1n) is 19.0. The predicted molar refractivity (Wildman–Crippen MR) is 228 cm³/mol. The Morgan fingerprint density at radius 1 is 0.250 bits per heavy atom. The summed E-state index contributed by atoms with van der Waals surface area (Å²) in [4.78, 5) is 0. The highest BCUT2D eigenvalue weighted by Crippen LogP contribution is 2.41. The van der Waals surface area contributed by atoms with Crippen LogP contribution in [-0.2, 0) is 21.7 Å². The molecule has 0 amide bonds. The molecule has 6 aromatic rings. The summed E-state index contributed by atoms with van der Waals surface area (Å²) in [6, 6.07) is 50.2. The maximum absolute atomic E-state index is 2.43. The molecule has 0 spiro atoms. The van der Waals surface area contributed by atoms with Crippen molar-refractivity contribution in [3.05, 3.63) is 156 Å². The molecule has 0 saturated heterocycles. The van der Waals surface area contributed by atoms with Gasteiger partial charge in [0.25, 0.3) is 0 Å². The van der Waals surface area contributed by atoms with Crippen molar-refractivity contribution in [2.75, 3.05) is 0 Å². The molecule has 6 aromatic carbocycles. The molecule has 0 aromatic heterocycles. The number of benzene rings is 6. The van der Waals surface area contributed by atoms with Crippen LogP contribution in [0.5, 0.6) is 0 Å². The Kier molecular flexibility index (Phi) is 9.77. The molecular weight excluding hydrogens is 625 g/mol. The van der Waals surface area contributed by atoms with E-state index in [4.69, 9.17) is 0 Å². The van der Waals surface area contributed by atoms with E-state index in [2.05, 4.69) is 217 Å². The molecule has 0 N–H and O–H groups in total. The quantitative estimate of drug-likeness (QED) is 0.170. The molecule has 0 aliphatic carbocycles. The fourth-order valence-corrected chi connectivity index (χ4v) is 7.17. The van der Waals surface area contributed by atoms with E-state index in [1.807, 2.05) is 0 Å². The Bertz CT molecular complexity index is 2130. The fourth-order valence-electron chi connectivity index (χ4n) is 7.17. The van der Waals surface area contributed by atoms with Crippen molar-refractivity contribution in [2.24, 2.45) is 0 Å². The van der Waals surface area contributed by atoms with E-state index in [-0.39, 0.29) is 21.7 Å². The van der Waals surface area contributed by atoms with Gasteiger partial charge in [-0.25, -0.2) is 0 Å². The first kappa shape index (κ1) is 37.1. The minimum Gasteiger partial charge on any atom is -0.0622 e. The summed E-state index contributed by atoms with van der Waals surface area (Å²) in [6.07, 6.45) is 0. The summed E-state index contributed by atoms with van der Waals surface area (Å²) >= 11 is 0. The van der Waals surface area contributed by atoms with Crippen molar-refractivity contribution in [1.29, 1.82) is 0 Å². The highest BCUT2D eigenvalue weighted by Gasteiger charge is 2.24. The molecule has 0 saturated carbocycles. The molecule has 6 rings (SSSR count). The zero-order valence-corrected chi connectivity index (χ0v) is 33.7. The molecule has 0 radical (unpaired) electrons. The van der Waals surface area contributed by atoms with Crippen LogP contribution in [0.3, 0.4) is 0 Å². The van der Waals surface area contributed by atoms with Gasteiger partial charge in [0.05, 0.1) is 0 Å². The zero-order valence-electron chi connectivity index (χ0n) is 33.7. The standard InChI is InChI=1S/C52H58/c1-49(2,3)43-30-42(31-44(34-43)50(4,5)6)38-24-20-36(21-25-38)35-18-22-37(23-19-35)40-26-28-46(47(32-40)51(7,8)9)41-27-29-45(39-16-14-13-15-17-39)48(33-41)52(10,11)12/h13-34H,1-12H3. The highest BCUT2D eigenvalue weighted by atomic mass is 14.3. The van der Waals surface area contributed by atoms with Gasteiger partial charge in [-0.15, -0.1) is 0 Å². The van der Waals surface area contributed by atoms with Crippen LogP contribution in [-0.4, -0.2) is 0 Å². The van der Waals surface area contributed by atoms with Crippen molar-refractivity contribution >= 4 is 0 Å². The van der Waals surface area contributed by atoms with Crippen LogP contribution in [0.25, 0.3) is 55.6 Å². The molecule has 0 fully saturated rings. The van der Waals surface area contributed by atoms with E-state index >= 15 is 0 Å². The number of hydrogen-bond donors (Lipinski definition) is 0. The first-order chi connectivity index (χ1) is 24.3. The molecule has 0 heterocycles. The van der Waals surface area contributed by atoms with Crippen LogP contribution in [0.1, 0.15) is 105 Å². The molecular formula is C52H58. The summed E-state index contributed by atoms with van der Waals surface area (Å²) in [5, 5.41) is 0. The SMILES string of the molecule is CC(C)(C)c1cc(-c2ccc(-c3ccc(-c4ccc(-c5ccc(-c6ccccc6)c(C(C)(C)C)c5)c(C(C)(C)C)c4)cc3)cc2)cc(C(C)(C)C)c1. The van der Waals surface area contributed by atoms with E-state index in [1.54, 1.807) is 0 Å². The van der Waals surface area contributed by atoms with Gasteiger partial charge in [-0.05, 0) is 106 Å². The summed E-state index contributed by atoms with van der Waals surface area (Å²) in [6.45, 7) is 27.8. The zero-order chi connectivity index (χ0) is 37.6. The van der Waals surface area contributed by atoms with Gasteiger partial charge in [-0.3, -0.25) is 0 Å². The second-order valence-electron chi connectivity index (χ2n) is 18.8. The lowest BCUT2D eigenvalue weighted by atomic mass is 9.77. The fraction of sp³-hybridized carbons (Fsp3) is 0.308. The van der Waals surface area contributed by atoms with E-state index in [0.29, 0.717) is 0 Å². The monoisotopic (exact) mass is 682 g/mol. The normalized spacial score (nSPS) is 12.6. The third kappa shape index (κ3) is 8.03. The van der Waals surface area contributed by atoms with Crippen molar-refractivity contribution in [2.45, 2.75) is 105 Å². The van der Waals surface area contributed by atoms with E-state index in [1.165, 1.54) is 77.9 Å². The second kappa shape index (κ2) is 13.7. The van der Waals surface area contributed by atoms with Gasteiger partial charge in [0.2, 0.25) is 0 Å². The van der Waals surface area contributed by atoms with Gasteiger partial charge < -0.3 is 0 Å². The minimum atomic E-state index is -0.0208. The van der Waals surface area contributed by atoms with Crippen LogP contribution in [0.2, 0.25) is 0 Å². The number of rotatable bonds is 5. The van der Waals surface area contributed by atoms with Gasteiger partial charge >= 0.3 is 0 Å². The van der Waals surface area contributed by atoms with Crippen LogP contribution >= 0.6 is 0 Å². The van der Waals surface area contributed by atoms with Crippen LogP contribution in [0.4, 0.5) is 0 Å². The van der Waals surface area contributed by atoms with E-state index in [0.717, 1.165) is 0 Å². The Balaban J connectivity index is 1.31. The lowest BCUT2D eigenvalue weighted by Crippen LogP contribution is -2.16. The molecule has 0 atom stereocenters. The van der Waals surface area contributed by atoms with Crippen molar-refractivity contribution in [3.63, 3.8) is 0 Å². The predicted octanol–water partition coefficient (Wildman–Crippen LogP) is 15.2. The first-order valence-corrected chi connectivity index (χ1v) is 19.0. The second-order valence-corrected chi connectivity index (χ2v) is 18.8. The van der Waals surface area contributed by atoms with Crippen LogP contribution in [0, 0.1) is 0 Å². The van der Waals surface area contributed by atoms with Crippen molar-refractivity contribution in [1.82, 2.24) is 0 Å². The summed E-state index contributed by atoms with van der Waals surface area (Å²) in [5.41, 5.74) is 18.3. The van der Waals surface area contributed by atoms with E-state index in [9.17, 15) is 0 Å². The van der Waals surface area contributed by atoms with Gasteiger partial charge in [0.15, 0.2) is 0 Å². The molecule has 0 aliphatic rings. The topological polar surface area (TPSA) is 0 Å². The Morgan fingerprint density at radius 3 is 1.02 bits per heavy atom. The van der Waals surface area contributed by atoms with Crippen molar-refractivity contribution < 1.29 is 0 Å². The summed E-state index contributed by atoms with van der Waals surface area (Å²) in [5.74, 6) is 0. The summed E-state index contributed by atoms with van der Waals surface area (Å²) < 4.78 is 0. The highest BCUT2D eigenvalue weighted by molar-refractivity contribution is 5.80. The Morgan fingerprint density at radius 2 is 0.596 bits per heavy atom. The molecule has 0 heteroatoms. The average molecular weight is 683 g/mol. The van der Waals surface area contributed by atoms with Gasteiger partial charge in [0, 0.05) is 0 Å².